The lowest BCUT2D eigenvalue weighted by Crippen LogP contribution is -2.22. The second-order valence-corrected chi connectivity index (χ2v) is 6.16. The number of amides is 1. The van der Waals surface area contributed by atoms with Crippen LogP contribution in [-0.2, 0) is 6.54 Å². The first-order chi connectivity index (χ1) is 11.7. The fourth-order valence-corrected chi connectivity index (χ4v) is 3.05. The Kier molecular flexibility index (Phi) is 4.77. The van der Waals surface area contributed by atoms with Crippen LogP contribution in [0.25, 0.3) is 0 Å². The summed E-state index contributed by atoms with van der Waals surface area (Å²) < 4.78 is 10.2. The summed E-state index contributed by atoms with van der Waals surface area (Å²) in [4.78, 5) is 25.8. The zero-order chi connectivity index (χ0) is 16.9. The largest absolute Gasteiger partial charge is 0.497 e. The van der Waals surface area contributed by atoms with Gasteiger partial charge >= 0.3 is 0 Å². The summed E-state index contributed by atoms with van der Waals surface area (Å²) in [7, 11) is 1.56. The first kappa shape index (κ1) is 16.0. The van der Waals surface area contributed by atoms with Crippen molar-refractivity contribution in [2.75, 3.05) is 7.11 Å². The first-order valence-electron chi connectivity index (χ1n) is 7.26. The average molecular weight is 341 g/mol. The summed E-state index contributed by atoms with van der Waals surface area (Å²) in [6.45, 7) is 0.353. The normalized spacial score (nSPS) is 10.4. The fourth-order valence-electron chi connectivity index (χ4n) is 2.16. The molecule has 2 heterocycles. The molecule has 1 N–H and O–H groups in total. The smallest absolute Gasteiger partial charge is 0.251 e. The number of furan rings is 1. The van der Waals surface area contributed by atoms with Crippen molar-refractivity contribution in [3.63, 3.8) is 0 Å². The maximum absolute atomic E-state index is 12.2. The van der Waals surface area contributed by atoms with Gasteiger partial charge in [-0.3, -0.25) is 9.59 Å². The van der Waals surface area contributed by atoms with E-state index in [-0.39, 0.29) is 11.7 Å². The van der Waals surface area contributed by atoms with E-state index in [2.05, 4.69) is 5.32 Å². The topological polar surface area (TPSA) is 68.5 Å². The third-order valence-electron chi connectivity index (χ3n) is 3.39. The molecule has 1 amide bonds. The van der Waals surface area contributed by atoms with Crippen LogP contribution >= 0.6 is 11.3 Å². The summed E-state index contributed by atoms with van der Waals surface area (Å²) in [6, 6.07) is 13.8. The molecular weight excluding hydrogens is 326 g/mol. The van der Waals surface area contributed by atoms with Crippen molar-refractivity contribution in [1.29, 1.82) is 0 Å². The standard InChI is InChI=1S/C18H15NO4S/c1-22-13-5-2-4-12(10-13)18(21)19-11-14-7-8-16(24-14)17(20)15-6-3-9-23-15/h2-10H,11H2,1H3,(H,19,21). The van der Waals surface area contributed by atoms with Gasteiger partial charge in [-0.2, -0.15) is 0 Å². The van der Waals surface area contributed by atoms with E-state index < -0.39 is 0 Å². The third-order valence-corrected chi connectivity index (χ3v) is 4.47. The Balaban J connectivity index is 1.63. The molecule has 0 aliphatic rings. The number of methoxy groups -OCH3 is 1. The quantitative estimate of drug-likeness (QED) is 0.697. The van der Waals surface area contributed by atoms with Crippen LogP contribution < -0.4 is 10.1 Å². The molecule has 0 saturated heterocycles. The van der Waals surface area contributed by atoms with E-state index in [1.807, 2.05) is 6.07 Å². The fraction of sp³-hybridized carbons (Fsp3) is 0.111. The van der Waals surface area contributed by atoms with Crippen molar-refractivity contribution >= 4 is 23.0 Å². The number of ether oxygens (including phenoxy) is 1. The lowest BCUT2D eigenvalue weighted by atomic mass is 10.2. The molecule has 0 aliphatic carbocycles. The highest BCUT2D eigenvalue weighted by atomic mass is 32.1. The van der Waals surface area contributed by atoms with E-state index in [0.717, 1.165) is 4.88 Å². The Morgan fingerprint density at radius 3 is 2.79 bits per heavy atom. The second-order valence-electron chi connectivity index (χ2n) is 4.99. The van der Waals surface area contributed by atoms with E-state index in [0.29, 0.717) is 28.5 Å². The van der Waals surface area contributed by atoms with Gasteiger partial charge in [0, 0.05) is 10.4 Å². The van der Waals surface area contributed by atoms with Crippen LogP contribution in [0.4, 0.5) is 0 Å². The number of carbonyl (C=O) groups excluding carboxylic acids is 2. The minimum atomic E-state index is -0.193. The van der Waals surface area contributed by atoms with Crippen molar-refractivity contribution < 1.29 is 18.7 Å². The number of thiophene rings is 1. The molecule has 6 heteroatoms. The predicted octanol–water partition coefficient (Wildman–Crippen LogP) is 3.51. The van der Waals surface area contributed by atoms with Crippen molar-refractivity contribution in [2.45, 2.75) is 6.54 Å². The zero-order valence-corrected chi connectivity index (χ0v) is 13.8. The minimum absolute atomic E-state index is 0.157. The second kappa shape index (κ2) is 7.14. The van der Waals surface area contributed by atoms with Gasteiger partial charge in [-0.1, -0.05) is 6.07 Å². The van der Waals surface area contributed by atoms with Crippen LogP contribution in [0.1, 0.15) is 30.7 Å². The van der Waals surface area contributed by atoms with Gasteiger partial charge in [0.25, 0.3) is 5.91 Å². The van der Waals surface area contributed by atoms with E-state index >= 15 is 0 Å². The molecule has 5 nitrogen and oxygen atoms in total. The molecule has 3 rings (SSSR count). The molecular formula is C18H15NO4S. The van der Waals surface area contributed by atoms with E-state index in [1.54, 1.807) is 49.6 Å². The number of carbonyl (C=O) groups is 2. The molecule has 3 aromatic rings. The molecule has 0 fully saturated rings. The minimum Gasteiger partial charge on any atom is -0.497 e. The molecule has 0 aliphatic heterocycles. The van der Waals surface area contributed by atoms with Crippen LogP contribution in [0.3, 0.4) is 0 Å². The Bertz CT molecular complexity index is 852. The highest BCUT2D eigenvalue weighted by Gasteiger charge is 2.15. The molecule has 0 spiro atoms. The number of ketones is 1. The van der Waals surface area contributed by atoms with Crippen LogP contribution in [0.5, 0.6) is 5.75 Å². The summed E-state index contributed by atoms with van der Waals surface area (Å²) in [5.41, 5.74) is 0.526. The van der Waals surface area contributed by atoms with E-state index in [4.69, 9.17) is 9.15 Å². The van der Waals surface area contributed by atoms with Crippen molar-refractivity contribution in [3.8, 4) is 5.75 Å². The monoisotopic (exact) mass is 341 g/mol. The van der Waals surface area contributed by atoms with Crippen LogP contribution in [-0.4, -0.2) is 18.8 Å². The van der Waals surface area contributed by atoms with Gasteiger partial charge in [0.2, 0.25) is 5.78 Å². The molecule has 0 bridgehead atoms. The zero-order valence-electron chi connectivity index (χ0n) is 12.9. The van der Waals surface area contributed by atoms with Crippen LogP contribution in [0.2, 0.25) is 0 Å². The SMILES string of the molecule is COc1cccc(C(=O)NCc2ccc(C(=O)c3ccco3)s2)c1. The van der Waals surface area contributed by atoms with Gasteiger partial charge in [0.1, 0.15) is 5.75 Å². The summed E-state index contributed by atoms with van der Waals surface area (Å²) in [5.74, 6) is 0.588. The first-order valence-corrected chi connectivity index (χ1v) is 8.08. The van der Waals surface area contributed by atoms with Gasteiger partial charge < -0.3 is 14.5 Å². The molecule has 0 saturated carbocycles. The highest BCUT2D eigenvalue weighted by Crippen LogP contribution is 2.20. The maximum atomic E-state index is 12.2. The van der Waals surface area contributed by atoms with Crippen molar-refractivity contribution in [1.82, 2.24) is 5.32 Å². The van der Waals surface area contributed by atoms with Gasteiger partial charge in [0.05, 0.1) is 24.8 Å². The molecule has 0 unspecified atom stereocenters. The van der Waals surface area contributed by atoms with Gasteiger partial charge in [0.15, 0.2) is 5.76 Å². The summed E-state index contributed by atoms with van der Waals surface area (Å²) >= 11 is 1.34. The van der Waals surface area contributed by atoms with Gasteiger partial charge in [-0.25, -0.2) is 0 Å². The molecule has 122 valence electrons. The summed E-state index contributed by atoms with van der Waals surface area (Å²) in [5, 5.41) is 2.83. The predicted molar refractivity (Wildman–Crippen MR) is 90.6 cm³/mol. The Morgan fingerprint density at radius 1 is 1.17 bits per heavy atom. The van der Waals surface area contributed by atoms with Crippen LogP contribution in [0, 0.1) is 0 Å². The maximum Gasteiger partial charge on any atom is 0.251 e. The van der Waals surface area contributed by atoms with Crippen molar-refractivity contribution in [3.05, 3.63) is 75.9 Å². The average Bonchev–Trinajstić information content (AvgIpc) is 3.31. The van der Waals surface area contributed by atoms with E-state index in [1.165, 1.54) is 17.6 Å². The molecule has 24 heavy (non-hydrogen) atoms. The Labute approximate surface area is 142 Å². The molecule has 1 aromatic carbocycles. The van der Waals surface area contributed by atoms with Crippen molar-refractivity contribution in [2.24, 2.45) is 0 Å². The number of benzene rings is 1. The number of nitrogens with one attached hydrogen (secondary N) is 1. The number of hydrogen-bond donors (Lipinski definition) is 1. The summed E-state index contributed by atoms with van der Waals surface area (Å²) in [6.07, 6.45) is 1.47. The lowest BCUT2D eigenvalue weighted by Gasteiger charge is -2.05. The molecule has 0 atom stereocenters. The lowest BCUT2D eigenvalue weighted by molar-refractivity contribution is 0.0950. The van der Waals surface area contributed by atoms with Gasteiger partial charge in [-0.15, -0.1) is 11.3 Å². The Morgan fingerprint density at radius 2 is 2.04 bits per heavy atom. The molecule has 0 radical (unpaired) electrons. The third kappa shape index (κ3) is 3.55. The number of rotatable bonds is 6. The van der Waals surface area contributed by atoms with Crippen LogP contribution in [0.15, 0.2) is 59.2 Å². The van der Waals surface area contributed by atoms with Gasteiger partial charge in [-0.05, 0) is 42.5 Å². The Hall–Kier alpha value is -2.86. The molecule has 2 aromatic heterocycles. The number of hydrogen-bond acceptors (Lipinski definition) is 5. The van der Waals surface area contributed by atoms with E-state index in [9.17, 15) is 9.59 Å². The highest BCUT2D eigenvalue weighted by molar-refractivity contribution is 7.14.